The van der Waals surface area contributed by atoms with Crippen LogP contribution in [0.1, 0.15) is 13.3 Å². The summed E-state index contributed by atoms with van der Waals surface area (Å²) >= 11 is 1.01. The molecule has 1 fully saturated rings. The summed E-state index contributed by atoms with van der Waals surface area (Å²) in [5.41, 5.74) is 1.03. The summed E-state index contributed by atoms with van der Waals surface area (Å²) in [7, 11) is -3.58. The number of hydrogen-bond acceptors (Lipinski definition) is 5. The Balaban J connectivity index is 1.95. The minimum absolute atomic E-state index is 0.00228. The molecule has 0 radical (unpaired) electrons. The van der Waals surface area contributed by atoms with E-state index in [1.165, 1.54) is 4.31 Å². The zero-order valence-corrected chi connectivity index (χ0v) is 12.6. The van der Waals surface area contributed by atoms with Crippen LogP contribution in [0, 0.1) is 5.92 Å². The normalized spacial score (nSPS) is 23.6. The van der Waals surface area contributed by atoms with Gasteiger partial charge >= 0.3 is 0 Å². The minimum Gasteiger partial charge on any atom is -0.393 e. The maximum atomic E-state index is 12.7. The molecule has 0 aromatic heterocycles. The largest absolute Gasteiger partial charge is 0.393 e. The Morgan fingerprint density at radius 2 is 2.25 bits per heavy atom. The first-order valence-corrected chi connectivity index (χ1v) is 8.56. The van der Waals surface area contributed by atoms with Crippen molar-refractivity contribution >= 4 is 32.8 Å². The third-order valence-electron chi connectivity index (χ3n) is 3.74. The molecule has 2 aliphatic rings. The van der Waals surface area contributed by atoms with E-state index in [1.54, 1.807) is 25.1 Å². The molecule has 0 amide bonds. The molecule has 1 saturated heterocycles. The van der Waals surface area contributed by atoms with E-state index < -0.39 is 16.1 Å². The standard InChI is InChI=1S/C12H15N3O3S2/c1-8(16)9-5-6-15(7-9)20(17,18)11-4-2-3-10-12(11)14-19-13-10/h2-4,8-9,16H,5-7H2,1H3. The van der Waals surface area contributed by atoms with Crippen LogP contribution in [0.2, 0.25) is 0 Å². The van der Waals surface area contributed by atoms with E-state index in [2.05, 4.69) is 8.73 Å². The maximum absolute atomic E-state index is 12.7. The first kappa shape index (κ1) is 13.9. The van der Waals surface area contributed by atoms with Crippen molar-refractivity contribution in [2.75, 3.05) is 13.1 Å². The molecule has 1 aromatic carbocycles. The molecule has 2 aliphatic heterocycles. The summed E-state index contributed by atoms with van der Waals surface area (Å²) in [6.07, 6.45) is 0.189. The predicted molar refractivity (Wildman–Crippen MR) is 76.5 cm³/mol. The lowest BCUT2D eigenvalue weighted by Crippen LogP contribution is -2.30. The second kappa shape index (κ2) is 5.03. The lowest BCUT2D eigenvalue weighted by Gasteiger charge is -2.18. The highest BCUT2D eigenvalue weighted by atomic mass is 32.2. The van der Waals surface area contributed by atoms with E-state index in [0.29, 0.717) is 30.9 Å². The predicted octanol–water partition coefficient (Wildman–Crippen LogP) is 1.80. The average molecular weight is 313 g/mol. The van der Waals surface area contributed by atoms with Crippen LogP contribution in [0.4, 0.5) is 11.4 Å². The molecule has 0 spiro atoms. The molecule has 0 bridgehead atoms. The molecule has 1 N–H and O–H groups in total. The van der Waals surface area contributed by atoms with Crippen LogP contribution >= 0.6 is 0 Å². The molecule has 3 rings (SSSR count). The van der Waals surface area contributed by atoms with Gasteiger partial charge in [0.1, 0.15) is 16.3 Å². The van der Waals surface area contributed by atoms with Crippen LogP contribution in [-0.4, -0.2) is 37.0 Å². The number of aliphatic hydroxyl groups is 1. The molecule has 20 heavy (non-hydrogen) atoms. The molecule has 0 saturated carbocycles. The topological polar surface area (TPSA) is 82.3 Å². The van der Waals surface area contributed by atoms with Crippen LogP contribution in [0.5, 0.6) is 0 Å². The third-order valence-corrected chi connectivity index (χ3v) is 6.18. The van der Waals surface area contributed by atoms with Crippen molar-refractivity contribution < 1.29 is 13.5 Å². The number of fused-ring (bicyclic) bond motifs is 1. The lowest BCUT2D eigenvalue weighted by molar-refractivity contribution is 0.133. The fourth-order valence-corrected chi connectivity index (χ4v) is 4.76. The van der Waals surface area contributed by atoms with Gasteiger partial charge < -0.3 is 5.11 Å². The lowest BCUT2D eigenvalue weighted by atomic mass is 10.0. The second-order valence-corrected chi connectivity index (χ2v) is 7.48. The fraction of sp³-hybridized carbons (Fsp3) is 0.500. The monoisotopic (exact) mass is 313 g/mol. The van der Waals surface area contributed by atoms with Gasteiger partial charge in [0.15, 0.2) is 0 Å². The van der Waals surface area contributed by atoms with Gasteiger partial charge in [-0.15, -0.1) is 0 Å². The van der Waals surface area contributed by atoms with Gasteiger partial charge in [0.25, 0.3) is 0 Å². The molecule has 2 heterocycles. The van der Waals surface area contributed by atoms with Crippen molar-refractivity contribution in [2.45, 2.75) is 24.3 Å². The van der Waals surface area contributed by atoms with Crippen molar-refractivity contribution in [2.24, 2.45) is 14.6 Å². The van der Waals surface area contributed by atoms with E-state index in [9.17, 15) is 13.5 Å². The van der Waals surface area contributed by atoms with Crippen molar-refractivity contribution in [3.8, 4) is 0 Å². The highest BCUT2D eigenvalue weighted by Gasteiger charge is 2.36. The molecule has 108 valence electrons. The van der Waals surface area contributed by atoms with E-state index in [-0.39, 0.29) is 10.8 Å². The first-order valence-electron chi connectivity index (χ1n) is 6.39. The summed E-state index contributed by atoms with van der Waals surface area (Å²) < 4.78 is 35.0. The quantitative estimate of drug-likeness (QED) is 0.938. The van der Waals surface area contributed by atoms with Crippen LogP contribution in [0.25, 0.3) is 0 Å². The number of benzene rings is 1. The Labute approximate surface area is 121 Å². The molecule has 8 heteroatoms. The smallest absolute Gasteiger partial charge is 0.245 e. The highest BCUT2D eigenvalue weighted by molar-refractivity contribution is 7.89. The Morgan fingerprint density at radius 3 is 2.95 bits per heavy atom. The number of hydrogen-bond donors (Lipinski definition) is 1. The van der Waals surface area contributed by atoms with Gasteiger partial charge in [0.2, 0.25) is 10.0 Å². The first-order chi connectivity index (χ1) is 9.50. The van der Waals surface area contributed by atoms with Gasteiger partial charge in [-0.2, -0.15) is 13.0 Å². The minimum atomic E-state index is -3.58. The summed E-state index contributed by atoms with van der Waals surface area (Å²) in [6, 6.07) is 4.99. The Hall–Kier alpha value is -1.09. The Bertz CT molecular complexity index is 709. The zero-order chi connectivity index (χ0) is 14.3. The van der Waals surface area contributed by atoms with E-state index in [4.69, 9.17) is 0 Å². The van der Waals surface area contributed by atoms with Crippen molar-refractivity contribution in [1.82, 2.24) is 4.31 Å². The van der Waals surface area contributed by atoms with Crippen molar-refractivity contribution in [3.05, 3.63) is 18.2 Å². The number of nitrogens with zero attached hydrogens (tertiary/aromatic N) is 3. The second-order valence-electron chi connectivity index (χ2n) is 5.04. The number of rotatable bonds is 3. The van der Waals surface area contributed by atoms with Gasteiger partial charge in [0.05, 0.1) is 17.5 Å². The molecule has 2 unspecified atom stereocenters. The number of aliphatic hydroxyl groups excluding tert-OH is 1. The SMILES string of the molecule is CC(O)C1CCN(S(=O)(=O)c2cccc3c2N=S=N3)C1. The van der Waals surface area contributed by atoms with Gasteiger partial charge in [-0.1, -0.05) is 6.07 Å². The van der Waals surface area contributed by atoms with Crippen LogP contribution < -0.4 is 0 Å². The summed E-state index contributed by atoms with van der Waals surface area (Å²) in [5.74, 6) is -0.00228. The van der Waals surface area contributed by atoms with E-state index in [0.717, 1.165) is 11.4 Å². The Morgan fingerprint density at radius 1 is 1.45 bits per heavy atom. The van der Waals surface area contributed by atoms with Crippen molar-refractivity contribution in [1.29, 1.82) is 0 Å². The average Bonchev–Trinajstić information content (AvgIpc) is 3.07. The molecular weight excluding hydrogens is 298 g/mol. The fourth-order valence-electron chi connectivity index (χ4n) is 2.49. The van der Waals surface area contributed by atoms with Crippen LogP contribution in [0.15, 0.2) is 31.8 Å². The molecule has 2 atom stereocenters. The van der Waals surface area contributed by atoms with Gasteiger partial charge in [-0.3, -0.25) is 0 Å². The molecular formula is C12H15N3O3S2. The zero-order valence-electron chi connectivity index (χ0n) is 10.9. The highest BCUT2D eigenvalue weighted by Crippen LogP contribution is 2.39. The third kappa shape index (κ3) is 2.22. The van der Waals surface area contributed by atoms with Gasteiger partial charge in [0, 0.05) is 13.1 Å². The van der Waals surface area contributed by atoms with Gasteiger partial charge in [-0.25, -0.2) is 8.42 Å². The Kier molecular flexibility index (Phi) is 3.49. The summed E-state index contributed by atoms with van der Waals surface area (Å²) in [6.45, 7) is 2.49. The van der Waals surface area contributed by atoms with Gasteiger partial charge in [-0.05, 0) is 31.4 Å². The van der Waals surface area contributed by atoms with Crippen LogP contribution in [0.3, 0.4) is 0 Å². The van der Waals surface area contributed by atoms with E-state index >= 15 is 0 Å². The summed E-state index contributed by atoms with van der Waals surface area (Å²) in [5, 5.41) is 9.60. The summed E-state index contributed by atoms with van der Waals surface area (Å²) in [4.78, 5) is 0.204. The number of sulfonamides is 1. The van der Waals surface area contributed by atoms with Crippen molar-refractivity contribution in [3.63, 3.8) is 0 Å². The molecule has 0 aliphatic carbocycles. The van der Waals surface area contributed by atoms with E-state index in [1.807, 2.05) is 0 Å². The maximum Gasteiger partial charge on any atom is 0.245 e. The molecule has 1 aromatic rings. The van der Waals surface area contributed by atoms with Crippen LogP contribution in [-0.2, 0) is 21.4 Å². The molecule has 6 nitrogen and oxygen atoms in total.